The molecule has 0 atom stereocenters. The Morgan fingerprint density at radius 2 is 1.08 bits per heavy atom. The lowest BCUT2D eigenvalue weighted by Crippen LogP contribution is -2.14. The first kappa shape index (κ1) is 29.0. The highest BCUT2D eigenvalue weighted by atomic mass is 14.9. The van der Waals surface area contributed by atoms with Crippen molar-refractivity contribution in [2.75, 3.05) is 0 Å². The van der Waals surface area contributed by atoms with Gasteiger partial charge in [-0.2, -0.15) is 0 Å². The Kier molecular flexibility index (Phi) is 6.80. The van der Waals surface area contributed by atoms with Crippen molar-refractivity contribution < 1.29 is 0 Å². The molecule has 2 heterocycles. The van der Waals surface area contributed by atoms with Gasteiger partial charge in [-0.15, -0.1) is 0 Å². The van der Waals surface area contributed by atoms with Crippen molar-refractivity contribution in [2.24, 2.45) is 0 Å². The molecular formula is C46H33N3. The van der Waals surface area contributed by atoms with Gasteiger partial charge in [0.2, 0.25) is 0 Å². The smallest absolute Gasteiger partial charge is 0.160 e. The first-order valence-corrected chi connectivity index (χ1v) is 16.8. The average molecular weight is 628 g/mol. The van der Waals surface area contributed by atoms with E-state index in [9.17, 15) is 0 Å². The predicted octanol–water partition coefficient (Wildman–Crippen LogP) is 11.7. The number of hydrogen-bond acceptors (Lipinski definition) is 3. The number of fused-ring (bicyclic) bond motifs is 4. The molecule has 0 unspecified atom stereocenters. The van der Waals surface area contributed by atoms with Gasteiger partial charge < -0.3 is 0 Å². The second-order valence-corrected chi connectivity index (χ2v) is 13.3. The van der Waals surface area contributed by atoms with Crippen LogP contribution in [0, 0.1) is 0 Å². The Balaban J connectivity index is 1.17. The van der Waals surface area contributed by atoms with E-state index >= 15 is 0 Å². The third-order valence-corrected chi connectivity index (χ3v) is 9.99. The van der Waals surface area contributed by atoms with Crippen LogP contribution in [0.3, 0.4) is 0 Å². The fourth-order valence-electron chi connectivity index (χ4n) is 7.46. The summed E-state index contributed by atoms with van der Waals surface area (Å²) in [6, 6.07) is 53.9. The molecule has 9 rings (SSSR count). The maximum Gasteiger partial charge on any atom is 0.160 e. The third-order valence-electron chi connectivity index (χ3n) is 9.99. The van der Waals surface area contributed by atoms with Gasteiger partial charge in [-0.1, -0.05) is 141 Å². The van der Waals surface area contributed by atoms with Crippen molar-refractivity contribution in [1.82, 2.24) is 15.0 Å². The van der Waals surface area contributed by atoms with E-state index in [1.165, 1.54) is 44.2 Å². The highest BCUT2D eigenvalue weighted by Crippen LogP contribution is 2.53. The standard InChI is InChI=1S/C46H33N3/c1-46(2)40-20-10-19-37(44(40)39-26-33-14-6-7-15-34(33)27-41(39)46)30-21-23-31(24-22-30)42-28-43(49-45(48-42)32-12-4-3-5-13-32)38-18-9-8-17-36(38)35-16-11-25-47-29-35/h3-29H,1-2H3. The van der Waals surface area contributed by atoms with Crippen LogP contribution in [-0.4, -0.2) is 15.0 Å². The van der Waals surface area contributed by atoms with Gasteiger partial charge in [-0.05, 0) is 74.0 Å². The minimum atomic E-state index is -0.0814. The van der Waals surface area contributed by atoms with Crippen molar-refractivity contribution in [3.63, 3.8) is 0 Å². The SMILES string of the molecule is CC1(C)c2cc3ccccc3cc2-c2c(-c3ccc(-c4cc(-c5ccccc5-c5cccnc5)nc(-c5ccccc5)n4)cc3)cccc21. The molecule has 0 saturated heterocycles. The van der Waals surface area contributed by atoms with Gasteiger partial charge in [-0.25, -0.2) is 9.97 Å². The Labute approximate surface area is 286 Å². The summed E-state index contributed by atoms with van der Waals surface area (Å²) in [7, 11) is 0. The molecule has 2 aromatic heterocycles. The summed E-state index contributed by atoms with van der Waals surface area (Å²) >= 11 is 0. The quantitative estimate of drug-likeness (QED) is 0.191. The van der Waals surface area contributed by atoms with Crippen LogP contribution in [0.5, 0.6) is 0 Å². The van der Waals surface area contributed by atoms with Gasteiger partial charge in [0.15, 0.2) is 5.82 Å². The molecule has 0 radical (unpaired) electrons. The fourth-order valence-corrected chi connectivity index (χ4v) is 7.46. The zero-order chi connectivity index (χ0) is 33.0. The van der Waals surface area contributed by atoms with E-state index in [0.717, 1.165) is 39.2 Å². The lowest BCUT2D eigenvalue weighted by Gasteiger charge is -2.22. The predicted molar refractivity (Wildman–Crippen MR) is 202 cm³/mol. The van der Waals surface area contributed by atoms with Gasteiger partial charge in [0.05, 0.1) is 11.4 Å². The van der Waals surface area contributed by atoms with E-state index in [4.69, 9.17) is 9.97 Å². The number of benzene rings is 6. The van der Waals surface area contributed by atoms with Crippen LogP contribution >= 0.6 is 0 Å². The van der Waals surface area contributed by atoms with Crippen molar-refractivity contribution in [2.45, 2.75) is 19.3 Å². The van der Waals surface area contributed by atoms with E-state index in [1.54, 1.807) is 6.20 Å². The monoisotopic (exact) mass is 627 g/mol. The molecular weight excluding hydrogens is 595 g/mol. The Bertz CT molecular complexity index is 2500. The first-order valence-electron chi connectivity index (χ1n) is 16.8. The molecule has 1 aliphatic carbocycles. The van der Waals surface area contributed by atoms with Crippen molar-refractivity contribution in [1.29, 1.82) is 0 Å². The molecule has 1 aliphatic rings. The van der Waals surface area contributed by atoms with Gasteiger partial charge >= 0.3 is 0 Å². The summed E-state index contributed by atoms with van der Waals surface area (Å²) in [4.78, 5) is 14.6. The number of pyridine rings is 1. The highest BCUT2D eigenvalue weighted by molar-refractivity contribution is 5.98. The number of nitrogens with zero attached hydrogens (tertiary/aromatic N) is 3. The van der Waals surface area contributed by atoms with Crippen LogP contribution in [-0.2, 0) is 5.41 Å². The maximum absolute atomic E-state index is 5.12. The van der Waals surface area contributed by atoms with Gasteiger partial charge in [0.1, 0.15) is 0 Å². The second kappa shape index (κ2) is 11.5. The average Bonchev–Trinajstić information content (AvgIpc) is 3.39. The molecule has 3 heteroatoms. The molecule has 0 bridgehead atoms. The summed E-state index contributed by atoms with van der Waals surface area (Å²) in [6.45, 7) is 4.70. The fraction of sp³-hybridized carbons (Fsp3) is 0.0652. The molecule has 0 saturated carbocycles. The van der Waals surface area contributed by atoms with Crippen molar-refractivity contribution >= 4 is 10.8 Å². The lowest BCUT2D eigenvalue weighted by atomic mass is 9.81. The highest BCUT2D eigenvalue weighted by Gasteiger charge is 2.37. The molecule has 49 heavy (non-hydrogen) atoms. The van der Waals surface area contributed by atoms with Gasteiger partial charge in [0, 0.05) is 40.1 Å². The molecule has 0 amide bonds. The van der Waals surface area contributed by atoms with E-state index in [-0.39, 0.29) is 5.41 Å². The number of aromatic nitrogens is 3. The first-order chi connectivity index (χ1) is 24.0. The molecule has 232 valence electrons. The second-order valence-electron chi connectivity index (χ2n) is 13.3. The largest absolute Gasteiger partial charge is 0.264 e. The summed E-state index contributed by atoms with van der Waals surface area (Å²) in [5, 5.41) is 2.56. The minimum absolute atomic E-state index is 0.0814. The zero-order valence-corrected chi connectivity index (χ0v) is 27.4. The van der Waals surface area contributed by atoms with Gasteiger partial charge in [0.25, 0.3) is 0 Å². The molecule has 8 aromatic rings. The summed E-state index contributed by atoms with van der Waals surface area (Å²) in [5.41, 5.74) is 14.8. The van der Waals surface area contributed by atoms with Crippen LogP contribution in [0.15, 0.2) is 164 Å². The van der Waals surface area contributed by atoms with Gasteiger partial charge in [-0.3, -0.25) is 4.98 Å². The summed E-state index contributed by atoms with van der Waals surface area (Å²) in [6.07, 6.45) is 3.71. The van der Waals surface area contributed by atoms with Crippen LogP contribution in [0.1, 0.15) is 25.0 Å². The molecule has 0 fully saturated rings. The molecule has 3 nitrogen and oxygen atoms in total. The van der Waals surface area contributed by atoms with E-state index in [0.29, 0.717) is 5.82 Å². The summed E-state index contributed by atoms with van der Waals surface area (Å²) < 4.78 is 0. The minimum Gasteiger partial charge on any atom is -0.264 e. The Hall–Kier alpha value is -6.19. The molecule has 0 aliphatic heterocycles. The van der Waals surface area contributed by atoms with E-state index < -0.39 is 0 Å². The number of rotatable bonds is 5. The van der Waals surface area contributed by atoms with Crippen LogP contribution in [0.25, 0.3) is 78.1 Å². The Morgan fingerprint density at radius 3 is 1.86 bits per heavy atom. The van der Waals surface area contributed by atoms with Crippen LogP contribution in [0.4, 0.5) is 0 Å². The Morgan fingerprint density at radius 1 is 0.429 bits per heavy atom. The van der Waals surface area contributed by atoms with Crippen LogP contribution < -0.4 is 0 Å². The van der Waals surface area contributed by atoms with Crippen molar-refractivity contribution in [3.05, 3.63) is 175 Å². The lowest BCUT2D eigenvalue weighted by molar-refractivity contribution is 0.661. The normalized spacial score (nSPS) is 12.9. The van der Waals surface area contributed by atoms with E-state index in [2.05, 4.69) is 146 Å². The van der Waals surface area contributed by atoms with Crippen molar-refractivity contribution in [3.8, 4) is 67.3 Å². The number of hydrogen-bond donors (Lipinski definition) is 0. The topological polar surface area (TPSA) is 38.7 Å². The third kappa shape index (κ3) is 4.94. The maximum atomic E-state index is 5.12. The van der Waals surface area contributed by atoms with E-state index in [1.807, 2.05) is 30.5 Å². The van der Waals surface area contributed by atoms with Crippen LogP contribution in [0.2, 0.25) is 0 Å². The zero-order valence-electron chi connectivity index (χ0n) is 27.4. The summed E-state index contributed by atoms with van der Waals surface area (Å²) in [5.74, 6) is 0.699. The molecule has 0 spiro atoms. The molecule has 0 N–H and O–H groups in total. The molecule has 6 aromatic carbocycles.